The largest absolute Gasteiger partial charge is 0.307 e. The fourth-order valence-electron chi connectivity index (χ4n) is 2.20. The fourth-order valence-corrected chi connectivity index (χ4v) is 2.20. The van der Waals surface area contributed by atoms with E-state index in [0.717, 1.165) is 18.7 Å². The highest BCUT2D eigenvalue weighted by molar-refractivity contribution is 5.41. The van der Waals surface area contributed by atoms with Gasteiger partial charge in [0, 0.05) is 19.3 Å². The van der Waals surface area contributed by atoms with Crippen LogP contribution in [0.1, 0.15) is 16.8 Å². The molecule has 3 heteroatoms. The minimum Gasteiger partial charge on any atom is -0.307 e. The molecule has 3 nitrogen and oxygen atoms in total. The van der Waals surface area contributed by atoms with Crippen molar-refractivity contribution in [1.29, 1.82) is 0 Å². The maximum atomic E-state index is 4.41. The minimum atomic E-state index is 0.819. The van der Waals surface area contributed by atoms with Gasteiger partial charge in [-0.2, -0.15) is 0 Å². The van der Waals surface area contributed by atoms with Gasteiger partial charge in [0.15, 0.2) is 0 Å². The van der Waals surface area contributed by atoms with Crippen molar-refractivity contribution in [3.05, 3.63) is 71.7 Å². The van der Waals surface area contributed by atoms with Gasteiger partial charge in [0.05, 0.1) is 11.9 Å². The van der Waals surface area contributed by atoms with Crippen LogP contribution in [0.25, 0.3) is 5.65 Å². The molecule has 0 amide bonds. The molecule has 0 fully saturated rings. The van der Waals surface area contributed by atoms with Gasteiger partial charge >= 0.3 is 0 Å². The summed E-state index contributed by atoms with van der Waals surface area (Å²) in [5.74, 6) is 0. The minimum absolute atomic E-state index is 0.819. The van der Waals surface area contributed by atoms with E-state index in [1.54, 1.807) is 0 Å². The van der Waals surface area contributed by atoms with Crippen LogP contribution in [0.5, 0.6) is 0 Å². The maximum Gasteiger partial charge on any atom is 0.136 e. The van der Waals surface area contributed by atoms with E-state index < -0.39 is 0 Å². The molecule has 0 radical (unpaired) electrons. The molecule has 2 aromatic heterocycles. The lowest BCUT2D eigenvalue weighted by Crippen LogP contribution is -2.14. The number of pyridine rings is 1. The normalized spacial score (nSPS) is 11.0. The van der Waals surface area contributed by atoms with Gasteiger partial charge in [0.25, 0.3) is 0 Å². The quantitative estimate of drug-likeness (QED) is 0.772. The summed E-state index contributed by atoms with van der Waals surface area (Å²) < 4.78 is 2.15. The average molecular weight is 251 g/mol. The third-order valence-electron chi connectivity index (χ3n) is 3.21. The summed E-state index contributed by atoms with van der Waals surface area (Å²) >= 11 is 0. The Hall–Kier alpha value is -2.13. The molecule has 2 heterocycles. The van der Waals surface area contributed by atoms with Gasteiger partial charge in [-0.25, -0.2) is 4.98 Å². The van der Waals surface area contributed by atoms with E-state index in [-0.39, 0.29) is 0 Å². The number of fused-ring (bicyclic) bond motifs is 1. The Morgan fingerprint density at radius 3 is 2.74 bits per heavy atom. The number of hydrogen-bond acceptors (Lipinski definition) is 2. The Balaban J connectivity index is 1.70. The summed E-state index contributed by atoms with van der Waals surface area (Å²) in [6.07, 6.45) is 4.06. The zero-order chi connectivity index (χ0) is 13.1. The summed E-state index contributed by atoms with van der Waals surface area (Å²) in [4.78, 5) is 4.41. The van der Waals surface area contributed by atoms with Crippen LogP contribution in [0.15, 0.2) is 54.9 Å². The van der Waals surface area contributed by atoms with Crippen LogP contribution in [-0.2, 0) is 13.1 Å². The van der Waals surface area contributed by atoms with Crippen molar-refractivity contribution in [3.8, 4) is 0 Å². The van der Waals surface area contributed by atoms with Gasteiger partial charge < -0.3 is 9.72 Å². The van der Waals surface area contributed by atoms with Crippen LogP contribution in [-0.4, -0.2) is 9.38 Å². The van der Waals surface area contributed by atoms with Crippen LogP contribution in [0.3, 0.4) is 0 Å². The number of benzene rings is 1. The molecule has 0 aliphatic rings. The van der Waals surface area contributed by atoms with E-state index in [4.69, 9.17) is 0 Å². The van der Waals surface area contributed by atoms with Crippen LogP contribution < -0.4 is 5.32 Å². The first-order chi connectivity index (χ1) is 9.33. The van der Waals surface area contributed by atoms with Crippen molar-refractivity contribution in [2.75, 3.05) is 0 Å². The second kappa shape index (κ2) is 5.24. The highest BCUT2D eigenvalue weighted by atomic mass is 15.0. The molecule has 19 heavy (non-hydrogen) atoms. The molecule has 0 aliphatic carbocycles. The lowest BCUT2D eigenvalue weighted by atomic mass is 10.2. The Kier molecular flexibility index (Phi) is 3.29. The predicted octanol–water partition coefficient (Wildman–Crippen LogP) is 2.93. The topological polar surface area (TPSA) is 29.3 Å². The van der Waals surface area contributed by atoms with Crippen LogP contribution in [0.4, 0.5) is 0 Å². The molecule has 0 spiro atoms. The highest BCUT2D eigenvalue weighted by Gasteiger charge is 2.02. The molecular weight excluding hydrogens is 234 g/mol. The van der Waals surface area contributed by atoms with Crippen molar-refractivity contribution >= 4 is 5.65 Å². The van der Waals surface area contributed by atoms with E-state index in [1.807, 2.05) is 12.3 Å². The Morgan fingerprint density at radius 2 is 1.89 bits per heavy atom. The molecule has 0 atom stereocenters. The number of nitrogens with zero attached hydrogens (tertiary/aromatic N) is 2. The van der Waals surface area contributed by atoms with E-state index >= 15 is 0 Å². The number of imidazole rings is 1. The van der Waals surface area contributed by atoms with E-state index in [2.05, 4.69) is 64.2 Å². The standard InChI is InChI=1S/C16H17N3/c1-13-7-8-16-18-11-15(19(16)12-13)10-17-9-14-5-3-2-4-6-14/h2-8,11-12,17H,9-10H2,1H3. The fraction of sp³-hybridized carbons (Fsp3) is 0.188. The highest BCUT2D eigenvalue weighted by Crippen LogP contribution is 2.08. The molecular formula is C16H17N3. The number of aryl methyl sites for hydroxylation is 1. The van der Waals surface area contributed by atoms with E-state index in [0.29, 0.717) is 0 Å². The lowest BCUT2D eigenvalue weighted by Gasteiger charge is -2.05. The van der Waals surface area contributed by atoms with Crippen LogP contribution >= 0.6 is 0 Å². The molecule has 1 N–H and O–H groups in total. The second-order valence-corrected chi connectivity index (χ2v) is 4.77. The van der Waals surface area contributed by atoms with Crippen molar-refractivity contribution in [1.82, 2.24) is 14.7 Å². The number of aromatic nitrogens is 2. The van der Waals surface area contributed by atoms with E-state index in [1.165, 1.54) is 16.8 Å². The zero-order valence-corrected chi connectivity index (χ0v) is 11.0. The molecule has 1 aromatic carbocycles. The van der Waals surface area contributed by atoms with Crippen LogP contribution in [0.2, 0.25) is 0 Å². The van der Waals surface area contributed by atoms with Crippen molar-refractivity contribution in [2.45, 2.75) is 20.0 Å². The number of hydrogen-bond donors (Lipinski definition) is 1. The second-order valence-electron chi connectivity index (χ2n) is 4.77. The summed E-state index contributed by atoms with van der Waals surface area (Å²) in [5.41, 5.74) is 4.74. The summed E-state index contributed by atoms with van der Waals surface area (Å²) in [6, 6.07) is 14.6. The van der Waals surface area contributed by atoms with Gasteiger partial charge in [0.2, 0.25) is 0 Å². The van der Waals surface area contributed by atoms with Crippen molar-refractivity contribution in [2.24, 2.45) is 0 Å². The molecule has 0 bridgehead atoms. The third kappa shape index (κ3) is 2.66. The monoisotopic (exact) mass is 251 g/mol. The lowest BCUT2D eigenvalue weighted by molar-refractivity contribution is 0.675. The molecule has 0 aliphatic heterocycles. The van der Waals surface area contributed by atoms with Gasteiger partial charge in [-0.05, 0) is 24.1 Å². The van der Waals surface area contributed by atoms with Crippen LogP contribution in [0, 0.1) is 6.92 Å². The van der Waals surface area contributed by atoms with Gasteiger partial charge in [-0.15, -0.1) is 0 Å². The summed E-state index contributed by atoms with van der Waals surface area (Å²) in [7, 11) is 0. The molecule has 3 rings (SSSR count). The first-order valence-electron chi connectivity index (χ1n) is 6.50. The molecule has 96 valence electrons. The Morgan fingerprint density at radius 1 is 1.05 bits per heavy atom. The first-order valence-corrected chi connectivity index (χ1v) is 6.50. The number of rotatable bonds is 4. The molecule has 0 unspecified atom stereocenters. The molecule has 0 saturated heterocycles. The van der Waals surface area contributed by atoms with Gasteiger partial charge in [-0.1, -0.05) is 36.4 Å². The summed E-state index contributed by atoms with van der Waals surface area (Å²) in [6.45, 7) is 3.79. The smallest absolute Gasteiger partial charge is 0.136 e. The average Bonchev–Trinajstić information content (AvgIpc) is 2.83. The van der Waals surface area contributed by atoms with E-state index in [9.17, 15) is 0 Å². The van der Waals surface area contributed by atoms with Gasteiger partial charge in [0.1, 0.15) is 5.65 Å². The van der Waals surface area contributed by atoms with Crippen molar-refractivity contribution < 1.29 is 0 Å². The predicted molar refractivity (Wildman–Crippen MR) is 76.9 cm³/mol. The third-order valence-corrected chi connectivity index (χ3v) is 3.21. The molecule has 0 saturated carbocycles. The zero-order valence-electron chi connectivity index (χ0n) is 11.0. The maximum absolute atomic E-state index is 4.41. The number of nitrogens with one attached hydrogen (secondary N) is 1. The summed E-state index contributed by atoms with van der Waals surface area (Å²) in [5, 5.41) is 3.45. The Labute approximate surface area is 112 Å². The SMILES string of the molecule is Cc1ccc2ncc(CNCc3ccccc3)n2c1. The van der Waals surface area contributed by atoms with Crippen molar-refractivity contribution in [3.63, 3.8) is 0 Å². The molecule has 3 aromatic rings. The van der Waals surface area contributed by atoms with Gasteiger partial charge in [-0.3, -0.25) is 0 Å². The Bertz CT molecular complexity index is 671. The first kappa shape index (κ1) is 11.9.